The maximum absolute atomic E-state index is 13.0. The van der Waals surface area contributed by atoms with Crippen LogP contribution in [-0.2, 0) is 11.3 Å². The second-order valence-electron chi connectivity index (χ2n) is 9.85. The maximum Gasteiger partial charge on any atom is 0.407 e. The number of carbonyl (C=O) groups excluding carboxylic acids is 2. The van der Waals surface area contributed by atoms with Crippen LogP contribution in [0.15, 0.2) is 36.4 Å². The van der Waals surface area contributed by atoms with E-state index in [1.165, 1.54) is 0 Å². The second-order valence-corrected chi connectivity index (χ2v) is 10.2. The number of nitrogens with two attached hydrogens (primary N) is 1. The van der Waals surface area contributed by atoms with Crippen molar-refractivity contribution in [3.05, 3.63) is 63.7 Å². The van der Waals surface area contributed by atoms with Crippen molar-refractivity contribution in [2.45, 2.75) is 64.8 Å². The predicted molar refractivity (Wildman–Crippen MR) is 134 cm³/mol. The lowest BCUT2D eigenvalue weighted by atomic mass is 9.94. The Bertz CT molecular complexity index is 1040. The zero-order valence-corrected chi connectivity index (χ0v) is 21.0. The average molecular weight is 488 g/mol. The number of alkyl carbamates (subject to hydrolysis) is 1. The number of benzene rings is 2. The van der Waals surface area contributed by atoms with E-state index < -0.39 is 23.6 Å². The first-order valence-electron chi connectivity index (χ1n) is 11.5. The predicted octanol–water partition coefficient (Wildman–Crippen LogP) is 4.64. The molecule has 1 aliphatic rings. The van der Waals surface area contributed by atoms with Gasteiger partial charge >= 0.3 is 6.09 Å². The molecule has 0 saturated carbocycles. The minimum atomic E-state index is -1.31. The van der Waals surface area contributed by atoms with Crippen molar-refractivity contribution < 1.29 is 19.4 Å². The van der Waals surface area contributed by atoms with Gasteiger partial charge < -0.3 is 20.9 Å². The lowest BCUT2D eigenvalue weighted by molar-refractivity contribution is 0.0470. The molecule has 184 valence electrons. The number of piperidine rings is 1. The van der Waals surface area contributed by atoms with Gasteiger partial charge in [0.05, 0.1) is 10.7 Å². The quantitative estimate of drug-likeness (QED) is 0.405. The van der Waals surface area contributed by atoms with Crippen LogP contribution in [0.2, 0.25) is 5.02 Å². The van der Waals surface area contributed by atoms with Crippen molar-refractivity contribution in [2.75, 3.05) is 18.8 Å². The standard InChI is InChI=1S/C26H34ClN3O4/c1-16-13-19(24(32)23(31)17-9-6-5-7-10-17)22(28)21(27)20(16)15-30-12-8-11-18(14-30)29-25(33)34-26(2,3)4/h5-7,9-10,13,18,23,31H,8,11-12,14-15,28H2,1-4H3,(H,29,33)/t18-,23?/m1/s1. The number of rotatable bonds is 6. The number of carbonyl (C=O) groups is 2. The Labute approximate surface area is 206 Å². The van der Waals surface area contributed by atoms with E-state index in [-0.39, 0.29) is 17.3 Å². The van der Waals surface area contributed by atoms with Crippen LogP contribution in [0.25, 0.3) is 0 Å². The zero-order chi connectivity index (χ0) is 25.0. The van der Waals surface area contributed by atoms with Gasteiger partial charge in [-0.25, -0.2) is 4.79 Å². The van der Waals surface area contributed by atoms with E-state index in [2.05, 4.69) is 10.2 Å². The molecule has 3 rings (SSSR count). The lowest BCUT2D eigenvalue weighted by Gasteiger charge is -2.34. The molecule has 2 aromatic rings. The number of nitrogen functional groups attached to an aromatic ring is 1. The van der Waals surface area contributed by atoms with Crippen LogP contribution in [0.1, 0.15) is 66.8 Å². The summed E-state index contributed by atoms with van der Waals surface area (Å²) in [5.41, 5.74) is 8.27. The fourth-order valence-corrected chi connectivity index (χ4v) is 4.49. The molecule has 1 heterocycles. The molecular weight excluding hydrogens is 454 g/mol. The number of amides is 1. The van der Waals surface area contributed by atoms with Crippen LogP contribution in [-0.4, -0.2) is 46.6 Å². The van der Waals surface area contributed by atoms with Gasteiger partial charge in [0.2, 0.25) is 0 Å². The monoisotopic (exact) mass is 487 g/mol. The number of aryl methyl sites for hydroxylation is 1. The summed E-state index contributed by atoms with van der Waals surface area (Å²) in [6.07, 6.45) is 0.0613. The van der Waals surface area contributed by atoms with Gasteiger partial charge in [-0.2, -0.15) is 0 Å². The fraction of sp³-hybridized carbons (Fsp3) is 0.462. The summed E-state index contributed by atoms with van der Waals surface area (Å²) in [7, 11) is 0. The maximum atomic E-state index is 13.0. The molecule has 1 fully saturated rings. The summed E-state index contributed by atoms with van der Waals surface area (Å²) < 4.78 is 5.38. The van der Waals surface area contributed by atoms with Gasteiger partial charge in [0.15, 0.2) is 5.78 Å². The average Bonchev–Trinajstić information content (AvgIpc) is 2.77. The third-order valence-electron chi connectivity index (χ3n) is 5.87. The van der Waals surface area contributed by atoms with Crippen molar-refractivity contribution in [3.8, 4) is 0 Å². The van der Waals surface area contributed by atoms with Crippen LogP contribution in [0.3, 0.4) is 0 Å². The van der Waals surface area contributed by atoms with Crippen LogP contribution < -0.4 is 11.1 Å². The summed E-state index contributed by atoms with van der Waals surface area (Å²) >= 11 is 6.64. The Morgan fingerprint density at radius 1 is 1.29 bits per heavy atom. The molecule has 0 bridgehead atoms. The number of halogens is 1. The number of hydrogen-bond acceptors (Lipinski definition) is 6. The van der Waals surface area contributed by atoms with Gasteiger partial charge in [0.1, 0.15) is 11.7 Å². The van der Waals surface area contributed by atoms with E-state index in [1.54, 1.807) is 30.3 Å². The Morgan fingerprint density at radius 3 is 2.62 bits per heavy atom. The van der Waals surface area contributed by atoms with E-state index in [9.17, 15) is 14.7 Å². The first kappa shape index (κ1) is 26.0. The Kier molecular flexibility index (Phi) is 8.23. The van der Waals surface area contributed by atoms with Gasteiger partial charge in [0, 0.05) is 24.7 Å². The van der Waals surface area contributed by atoms with E-state index in [4.69, 9.17) is 22.1 Å². The molecule has 0 radical (unpaired) electrons. The third-order valence-corrected chi connectivity index (χ3v) is 6.30. The molecule has 0 spiro atoms. The number of anilines is 1. The van der Waals surface area contributed by atoms with Crippen LogP contribution >= 0.6 is 11.6 Å². The topological polar surface area (TPSA) is 105 Å². The molecule has 4 N–H and O–H groups in total. The van der Waals surface area contributed by atoms with E-state index in [0.29, 0.717) is 23.7 Å². The smallest absolute Gasteiger partial charge is 0.407 e. The SMILES string of the molecule is Cc1cc(C(=O)C(O)c2ccccc2)c(N)c(Cl)c1CN1CCC[C@@H](NC(=O)OC(C)(C)C)C1. The van der Waals surface area contributed by atoms with Crippen LogP contribution in [0, 0.1) is 6.92 Å². The van der Waals surface area contributed by atoms with E-state index >= 15 is 0 Å². The highest BCUT2D eigenvalue weighted by molar-refractivity contribution is 6.35. The Morgan fingerprint density at radius 2 is 1.97 bits per heavy atom. The highest BCUT2D eigenvalue weighted by Gasteiger charge is 2.27. The molecule has 2 atom stereocenters. The number of ether oxygens (including phenoxy) is 1. The first-order valence-corrected chi connectivity index (χ1v) is 11.9. The number of hydrogen-bond donors (Lipinski definition) is 3. The molecule has 1 aliphatic heterocycles. The Balaban J connectivity index is 1.72. The van der Waals surface area contributed by atoms with Crippen molar-refractivity contribution in [3.63, 3.8) is 0 Å². The summed E-state index contributed by atoms with van der Waals surface area (Å²) in [5, 5.41) is 13.8. The molecule has 7 nitrogen and oxygen atoms in total. The van der Waals surface area contributed by atoms with Crippen LogP contribution in [0.5, 0.6) is 0 Å². The van der Waals surface area contributed by atoms with Gasteiger partial charge in [0.25, 0.3) is 0 Å². The fourth-order valence-electron chi connectivity index (χ4n) is 4.18. The Hall–Kier alpha value is -2.61. The van der Waals surface area contributed by atoms with Crippen molar-refractivity contribution in [1.29, 1.82) is 0 Å². The van der Waals surface area contributed by atoms with Crippen molar-refractivity contribution in [2.24, 2.45) is 0 Å². The van der Waals surface area contributed by atoms with Gasteiger partial charge in [-0.05, 0) is 69.8 Å². The molecule has 0 aliphatic carbocycles. The second kappa shape index (κ2) is 10.8. The van der Waals surface area contributed by atoms with E-state index in [1.807, 2.05) is 33.8 Å². The molecule has 1 amide bonds. The number of ketones is 1. The minimum Gasteiger partial charge on any atom is -0.444 e. The summed E-state index contributed by atoms with van der Waals surface area (Å²) in [5.74, 6) is -0.486. The van der Waals surface area contributed by atoms with Crippen LogP contribution in [0.4, 0.5) is 10.5 Å². The first-order chi connectivity index (χ1) is 16.0. The van der Waals surface area contributed by atoms with Crippen molar-refractivity contribution in [1.82, 2.24) is 10.2 Å². The van der Waals surface area contributed by atoms with E-state index in [0.717, 1.165) is 30.5 Å². The molecule has 34 heavy (non-hydrogen) atoms. The van der Waals surface area contributed by atoms with Gasteiger partial charge in [-0.3, -0.25) is 9.69 Å². The molecular formula is C26H34ClN3O4. The van der Waals surface area contributed by atoms with Gasteiger partial charge in [-0.15, -0.1) is 0 Å². The normalized spacial score (nSPS) is 17.8. The highest BCUT2D eigenvalue weighted by atomic mass is 35.5. The minimum absolute atomic E-state index is 0.0260. The lowest BCUT2D eigenvalue weighted by Crippen LogP contribution is -2.48. The molecule has 0 aromatic heterocycles. The summed E-state index contributed by atoms with van der Waals surface area (Å²) in [4.78, 5) is 27.3. The third kappa shape index (κ3) is 6.50. The number of likely N-dealkylation sites (tertiary alicyclic amines) is 1. The largest absolute Gasteiger partial charge is 0.444 e. The number of Topliss-reactive ketones (excluding diaryl/α,β-unsaturated/α-hetero) is 1. The molecule has 2 aromatic carbocycles. The molecule has 8 heteroatoms. The zero-order valence-electron chi connectivity index (χ0n) is 20.2. The van der Waals surface area contributed by atoms with Crippen molar-refractivity contribution >= 4 is 29.2 Å². The van der Waals surface area contributed by atoms with Gasteiger partial charge in [-0.1, -0.05) is 41.9 Å². The molecule has 1 unspecified atom stereocenters. The summed E-state index contributed by atoms with van der Waals surface area (Å²) in [6, 6.07) is 10.4. The molecule has 1 saturated heterocycles. The highest BCUT2D eigenvalue weighted by Crippen LogP contribution is 2.34. The number of nitrogens with zero attached hydrogens (tertiary/aromatic N) is 1. The summed E-state index contributed by atoms with van der Waals surface area (Å²) in [6.45, 7) is 9.44. The number of nitrogens with one attached hydrogen (secondary N) is 1. The number of aliphatic hydroxyl groups excluding tert-OH is 1. The number of aliphatic hydroxyl groups is 1.